The summed E-state index contributed by atoms with van der Waals surface area (Å²) in [6, 6.07) is 0. The molecule has 12 heteroatoms. The van der Waals surface area contributed by atoms with E-state index in [0.29, 0.717) is 0 Å². The van der Waals surface area contributed by atoms with Crippen LogP contribution in [0.25, 0.3) is 0 Å². The molecule has 0 saturated heterocycles. The fourth-order valence-corrected chi connectivity index (χ4v) is 0. The van der Waals surface area contributed by atoms with Crippen LogP contribution in [-0.2, 0) is 25.6 Å². The zero-order valence-electron chi connectivity index (χ0n) is 7.35. The summed E-state index contributed by atoms with van der Waals surface area (Å²) in [6.07, 6.45) is 0. The Bertz CT molecular complexity index is 232. The number of carbonyl (C=O) groups excluding carboxylic acids is 1. The van der Waals surface area contributed by atoms with Crippen LogP contribution in [0.2, 0.25) is 0 Å². The molecule has 0 fully saturated rings. The first kappa shape index (κ1) is 23.3. The fourth-order valence-electron chi connectivity index (χ4n) is 0. The van der Waals surface area contributed by atoms with Crippen LogP contribution in [0.4, 0.5) is 0 Å². The second kappa shape index (κ2) is 10.5. The second-order valence-electron chi connectivity index (χ2n) is 0.896. The third-order valence-corrected chi connectivity index (χ3v) is 0. The molecule has 0 bridgehead atoms. The SMILES string of the molecule is C=O.O=S(=O)(O)O.O=S(=O)(O)O.[H-].[Na+]. The van der Waals surface area contributed by atoms with Crippen molar-refractivity contribution in [2.75, 3.05) is 0 Å². The quantitative estimate of drug-likeness (QED) is 0.245. The Hall–Kier alpha value is 0.410. The van der Waals surface area contributed by atoms with E-state index >= 15 is 0 Å². The predicted octanol–water partition coefficient (Wildman–Crippen LogP) is -4.37. The van der Waals surface area contributed by atoms with Crippen molar-refractivity contribution >= 4 is 27.6 Å². The van der Waals surface area contributed by atoms with Gasteiger partial charge in [-0.25, -0.2) is 0 Å². The van der Waals surface area contributed by atoms with Crippen LogP contribution in [0.5, 0.6) is 0 Å². The van der Waals surface area contributed by atoms with Gasteiger partial charge in [0.1, 0.15) is 6.79 Å². The van der Waals surface area contributed by atoms with E-state index in [1.54, 1.807) is 0 Å². The molecular formula is CH7NaO9S2. The first-order valence-corrected chi connectivity index (χ1v) is 4.48. The first-order chi connectivity index (χ1) is 5.00. The first-order valence-electron chi connectivity index (χ1n) is 1.69. The molecular weight excluding hydrogens is 243 g/mol. The number of hydrogen-bond donors (Lipinski definition) is 4. The number of hydrogen-bond acceptors (Lipinski definition) is 5. The van der Waals surface area contributed by atoms with Gasteiger partial charge >= 0.3 is 50.4 Å². The number of rotatable bonds is 0. The van der Waals surface area contributed by atoms with Crippen LogP contribution in [-0.4, -0.2) is 41.8 Å². The molecule has 78 valence electrons. The van der Waals surface area contributed by atoms with Crippen molar-refractivity contribution in [3.8, 4) is 0 Å². The van der Waals surface area contributed by atoms with Gasteiger partial charge in [0.25, 0.3) is 0 Å². The Balaban J connectivity index is -0.0000000292. The summed E-state index contributed by atoms with van der Waals surface area (Å²) in [7, 11) is -9.33. The van der Waals surface area contributed by atoms with Crippen LogP contribution < -0.4 is 29.6 Å². The van der Waals surface area contributed by atoms with Gasteiger partial charge in [-0.3, -0.25) is 18.2 Å². The van der Waals surface area contributed by atoms with E-state index in [2.05, 4.69) is 0 Å². The summed E-state index contributed by atoms with van der Waals surface area (Å²) in [6.45, 7) is 2.00. The average molecular weight is 250 g/mol. The molecule has 0 amide bonds. The van der Waals surface area contributed by atoms with Gasteiger partial charge < -0.3 is 6.22 Å². The Labute approximate surface area is 98.1 Å². The van der Waals surface area contributed by atoms with E-state index in [1.807, 2.05) is 6.79 Å². The zero-order chi connectivity index (χ0) is 11.0. The molecule has 0 radical (unpaired) electrons. The molecule has 0 aliphatic heterocycles. The van der Waals surface area contributed by atoms with Crippen molar-refractivity contribution in [2.24, 2.45) is 0 Å². The molecule has 0 aromatic carbocycles. The molecule has 0 spiro atoms. The minimum Gasteiger partial charge on any atom is -1.00 e. The summed E-state index contributed by atoms with van der Waals surface area (Å²) in [4.78, 5) is 8.00. The topological polar surface area (TPSA) is 166 Å². The molecule has 0 aliphatic carbocycles. The molecule has 0 aromatic heterocycles. The zero-order valence-corrected chi connectivity index (χ0v) is 9.99. The molecule has 0 unspecified atom stereocenters. The minimum atomic E-state index is -4.67. The van der Waals surface area contributed by atoms with E-state index in [4.69, 9.17) is 39.8 Å². The van der Waals surface area contributed by atoms with E-state index in [0.717, 1.165) is 0 Å². The Morgan fingerprint density at radius 1 is 0.769 bits per heavy atom. The summed E-state index contributed by atoms with van der Waals surface area (Å²) >= 11 is 0. The fraction of sp³-hybridized carbons (Fsp3) is 0. The number of carbonyl (C=O) groups is 1. The van der Waals surface area contributed by atoms with Crippen molar-refractivity contribution in [3.63, 3.8) is 0 Å². The van der Waals surface area contributed by atoms with Gasteiger partial charge in [-0.05, 0) is 0 Å². The molecule has 0 aliphatic rings. The molecule has 9 nitrogen and oxygen atoms in total. The average Bonchev–Trinajstić information content (AvgIpc) is 1.59. The Morgan fingerprint density at radius 2 is 0.769 bits per heavy atom. The van der Waals surface area contributed by atoms with E-state index in [1.165, 1.54) is 0 Å². The maximum atomic E-state index is 8.74. The van der Waals surface area contributed by atoms with Gasteiger partial charge in [-0.2, -0.15) is 16.8 Å². The van der Waals surface area contributed by atoms with Crippen LogP contribution in [0.3, 0.4) is 0 Å². The Kier molecular flexibility index (Phi) is 18.8. The monoisotopic (exact) mass is 250 g/mol. The summed E-state index contributed by atoms with van der Waals surface area (Å²) in [5.74, 6) is 0. The largest absolute Gasteiger partial charge is 1.00 e. The van der Waals surface area contributed by atoms with Gasteiger partial charge in [0.15, 0.2) is 0 Å². The summed E-state index contributed by atoms with van der Waals surface area (Å²) in [5.41, 5.74) is 0. The van der Waals surface area contributed by atoms with Crippen LogP contribution in [0.1, 0.15) is 1.43 Å². The van der Waals surface area contributed by atoms with E-state index in [9.17, 15) is 0 Å². The molecule has 4 N–H and O–H groups in total. The summed E-state index contributed by atoms with van der Waals surface area (Å²) < 4.78 is 63.2. The van der Waals surface area contributed by atoms with Crippen LogP contribution in [0.15, 0.2) is 0 Å². The second-order valence-corrected chi connectivity index (χ2v) is 2.69. The summed E-state index contributed by atoms with van der Waals surface area (Å²) in [5, 5.41) is 0. The van der Waals surface area contributed by atoms with E-state index in [-0.39, 0.29) is 31.0 Å². The maximum absolute atomic E-state index is 8.74. The smallest absolute Gasteiger partial charge is 1.00 e. The van der Waals surface area contributed by atoms with Gasteiger partial charge in [-0.15, -0.1) is 0 Å². The van der Waals surface area contributed by atoms with Crippen molar-refractivity contribution in [1.29, 1.82) is 0 Å². The van der Waals surface area contributed by atoms with Crippen molar-refractivity contribution in [3.05, 3.63) is 0 Å². The van der Waals surface area contributed by atoms with Gasteiger partial charge in [0, 0.05) is 0 Å². The predicted molar refractivity (Wildman–Crippen MR) is 36.6 cm³/mol. The van der Waals surface area contributed by atoms with Gasteiger partial charge in [0.05, 0.1) is 0 Å². The Morgan fingerprint density at radius 3 is 0.769 bits per heavy atom. The third kappa shape index (κ3) is 8000. The molecule has 13 heavy (non-hydrogen) atoms. The van der Waals surface area contributed by atoms with Gasteiger partial charge in [0.2, 0.25) is 0 Å². The van der Waals surface area contributed by atoms with Crippen molar-refractivity contribution < 1.29 is 70.8 Å². The van der Waals surface area contributed by atoms with Gasteiger partial charge in [-0.1, -0.05) is 0 Å². The normalized spacial score (nSPS) is 9.23. The third-order valence-electron chi connectivity index (χ3n) is 0. The van der Waals surface area contributed by atoms with E-state index < -0.39 is 20.8 Å². The van der Waals surface area contributed by atoms with Crippen molar-refractivity contribution in [1.82, 2.24) is 0 Å². The molecule has 0 rings (SSSR count). The molecule has 0 saturated carbocycles. The van der Waals surface area contributed by atoms with Crippen LogP contribution in [0, 0.1) is 0 Å². The maximum Gasteiger partial charge on any atom is 1.00 e. The minimum absolute atomic E-state index is 0. The molecule has 0 atom stereocenters. The van der Waals surface area contributed by atoms with Crippen molar-refractivity contribution in [2.45, 2.75) is 0 Å². The standard InChI is InChI=1S/CH2O.Na.2H2O4S.H/c1-2;;2*1-5(2,3)4;/h1H2;;2*(H2,1,2,3,4);/q;+1;;;-1. The molecule has 0 aromatic rings. The molecule has 0 heterocycles. The van der Waals surface area contributed by atoms with Crippen LogP contribution >= 0.6 is 0 Å².